The van der Waals surface area contributed by atoms with E-state index < -0.39 is 0 Å². The van der Waals surface area contributed by atoms with Crippen molar-refractivity contribution in [2.24, 2.45) is 0 Å². The number of hydrogen-bond acceptors (Lipinski definition) is 3. The van der Waals surface area contributed by atoms with Crippen LogP contribution in [0.5, 0.6) is 0 Å². The molecule has 16 heavy (non-hydrogen) atoms. The van der Waals surface area contributed by atoms with E-state index in [2.05, 4.69) is 43.2 Å². The van der Waals surface area contributed by atoms with Crippen LogP contribution in [0, 0.1) is 0 Å². The second-order valence-corrected chi connectivity index (χ2v) is 4.35. The van der Waals surface area contributed by atoms with Gasteiger partial charge in [0.2, 0.25) is 0 Å². The monoisotopic (exact) mass is 280 g/mol. The number of nitrogens with one attached hydrogen (secondary N) is 2. The highest BCUT2D eigenvalue weighted by Crippen LogP contribution is 2.10. The maximum atomic E-state index is 11.7. The van der Waals surface area contributed by atoms with Gasteiger partial charge in [0.25, 0.3) is 5.91 Å². The van der Waals surface area contributed by atoms with Crippen molar-refractivity contribution in [1.29, 1.82) is 0 Å². The number of fused-ring (bicyclic) bond motifs is 1. The second kappa shape index (κ2) is 4.44. The zero-order valence-electron chi connectivity index (χ0n) is 8.33. The number of H-pyrrole nitrogens is 1. The first-order valence-corrected chi connectivity index (χ1v) is 5.38. The van der Waals surface area contributed by atoms with Crippen LogP contribution in [0.25, 0.3) is 11.0 Å². The number of carbonyl (C=O) groups excluding carboxylic acids is 1. The standard InChI is InChI=1S/C10H9BrN4O/c1-6(11)5-12-10(16)7-2-3-8-9(4-7)14-15-13-8/h2-4H,1,5H2,(H,12,16)(H,13,14,15). The van der Waals surface area contributed by atoms with Crippen molar-refractivity contribution in [3.63, 3.8) is 0 Å². The molecule has 2 aromatic rings. The number of benzene rings is 1. The van der Waals surface area contributed by atoms with Crippen LogP contribution < -0.4 is 5.32 Å². The molecule has 0 atom stereocenters. The molecule has 1 heterocycles. The van der Waals surface area contributed by atoms with E-state index in [4.69, 9.17) is 0 Å². The first-order chi connectivity index (χ1) is 7.66. The van der Waals surface area contributed by atoms with Crippen LogP contribution in [0.1, 0.15) is 10.4 Å². The fraction of sp³-hybridized carbons (Fsp3) is 0.100. The Morgan fingerprint density at radius 3 is 2.94 bits per heavy atom. The molecule has 6 heteroatoms. The topological polar surface area (TPSA) is 70.7 Å². The van der Waals surface area contributed by atoms with Gasteiger partial charge in [0.1, 0.15) is 11.0 Å². The lowest BCUT2D eigenvalue weighted by Gasteiger charge is -2.03. The molecule has 0 aliphatic rings. The highest BCUT2D eigenvalue weighted by Gasteiger charge is 2.07. The molecular weight excluding hydrogens is 272 g/mol. The summed E-state index contributed by atoms with van der Waals surface area (Å²) in [5.41, 5.74) is 1.96. The van der Waals surface area contributed by atoms with E-state index >= 15 is 0 Å². The zero-order valence-corrected chi connectivity index (χ0v) is 9.91. The third kappa shape index (κ3) is 2.27. The average molecular weight is 281 g/mol. The van der Waals surface area contributed by atoms with Crippen LogP contribution in [0.2, 0.25) is 0 Å². The Kier molecular flexibility index (Phi) is 3.00. The van der Waals surface area contributed by atoms with Gasteiger partial charge in [-0.2, -0.15) is 15.4 Å². The summed E-state index contributed by atoms with van der Waals surface area (Å²) in [6.45, 7) is 4.04. The molecule has 0 saturated carbocycles. The number of carbonyl (C=O) groups is 1. The Labute approximate surface area is 100 Å². The fourth-order valence-electron chi connectivity index (χ4n) is 1.26. The maximum absolute atomic E-state index is 11.7. The van der Waals surface area contributed by atoms with Gasteiger partial charge < -0.3 is 5.32 Å². The van der Waals surface area contributed by atoms with Gasteiger partial charge >= 0.3 is 0 Å². The van der Waals surface area contributed by atoms with Gasteiger partial charge in [0.15, 0.2) is 0 Å². The summed E-state index contributed by atoms with van der Waals surface area (Å²) in [5, 5.41) is 13.0. The summed E-state index contributed by atoms with van der Waals surface area (Å²) in [7, 11) is 0. The predicted molar refractivity (Wildman–Crippen MR) is 64.3 cm³/mol. The van der Waals surface area contributed by atoms with E-state index in [1.54, 1.807) is 18.2 Å². The molecule has 0 unspecified atom stereocenters. The van der Waals surface area contributed by atoms with Gasteiger partial charge in [0.05, 0.1) is 0 Å². The molecule has 0 aliphatic heterocycles. The third-order valence-electron chi connectivity index (χ3n) is 2.02. The van der Waals surface area contributed by atoms with E-state index in [0.29, 0.717) is 17.6 Å². The van der Waals surface area contributed by atoms with Crippen LogP contribution in [0.3, 0.4) is 0 Å². The van der Waals surface area contributed by atoms with E-state index in [1.165, 1.54) is 0 Å². The number of aromatic nitrogens is 3. The number of halogens is 1. The molecule has 5 nitrogen and oxygen atoms in total. The van der Waals surface area contributed by atoms with Crippen molar-refractivity contribution < 1.29 is 4.79 Å². The third-order valence-corrected chi connectivity index (χ3v) is 2.30. The van der Waals surface area contributed by atoms with E-state index in [0.717, 1.165) is 10.00 Å². The molecule has 1 amide bonds. The predicted octanol–water partition coefficient (Wildman–Crippen LogP) is 1.60. The fourth-order valence-corrected chi connectivity index (χ4v) is 1.40. The Morgan fingerprint density at radius 1 is 1.44 bits per heavy atom. The number of rotatable bonds is 3. The van der Waals surface area contributed by atoms with Gasteiger partial charge in [-0.15, -0.1) is 0 Å². The summed E-state index contributed by atoms with van der Waals surface area (Å²) in [6, 6.07) is 5.14. The lowest BCUT2D eigenvalue weighted by Crippen LogP contribution is -2.24. The quantitative estimate of drug-likeness (QED) is 0.897. The van der Waals surface area contributed by atoms with E-state index in [9.17, 15) is 4.79 Å². The molecule has 0 saturated heterocycles. The Balaban J connectivity index is 2.19. The largest absolute Gasteiger partial charge is 0.347 e. The molecule has 0 spiro atoms. The van der Waals surface area contributed by atoms with Crippen LogP contribution in [0.15, 0.2) is 29.3 Å². The highest BCUT2D eigenvalue weighted by molar-refractivity contribution is 9.11. The highest BCUT2D eigenvalue weighted by atomic mass is 79.9. The van der Waals surface area contributed by atoms with Gasteiger partial charge in [-0.1, -0.05) is 22.5 Å². The first kappa shape index (κ1) is 10.8. The summed E-state index contributed by atoms with van der Waals surface area (Å²) in [5.74, 6) is -0.162. The number of amides is 1. The Bertz CT molecular complexity index is 548. The van der Waals surface area contributed by atoms with Crippen LogP contribution in [-0.4, -0.2) is 27.9 Å². The normalized spacial score (nSPS) is 10.3. The average Bonchev–Trinajstić information content (AvgIpc) is 2.72. The number of nitrogens with zero attached hydrogens (tertiary/aromatic N) is 2. The van der Waals surface area contributed by atoms with Gasteiger partial charge in [-0.3, -0.25) is 4.79 Å². The van der Waals surface area contributed by atoms with Crippen molar-refractivity contribution in [2.45, 2.75) is 0 Å². The molecule has 82 valence electrons. The smallest absolute Gasteiger partial charge is 0.251 e. The molecule has 0 bridgehead atoms. The summed E-state index contributed by atoms with van der Waals surface area (Å²) in [6.07, 6.45) is 0. The Morgan fingerprint density at radius 2 is 2.19 bits per heavy atom. The molecule has 0 radical (unpaired) electrons. The minimum atomic E-state index is -0.162. The number of aromatic amines is 1. The van der Waals surface area contributed by atoms with Crippen molar-refractivity contribution in [3.8, 4) is 0 Å². The van der Waals surface area contributed by atoms with E-state index in [1.807, 2.05) is 0 Å². The lowest BCUT2D eigenvalue weighted by atomic mass is 10.2. The molecule has 1 aromatic carbocycles. The molecule has 1 aromatic heterocycles. The minimum Gasteiger partial charge on any atom is -0.347 e. The zero-order chi connectivity index (χ0) is 11.5. The molecular formula is C10H9BrN4O. The number of hydrogen-bond donors (Lipinski definition) is 2. The van der Waals surface area contributed by atoms with E-state index in [-0.39, 0.29) is 5.91 Å². The summed E-state index contributed by atoms with van der Waals surface area (Å²) < 4.78 is 0.725. The molecule has 2 rings (SSSR count). The molecule has 0 aliphatic carbocycles. The molecule has 2 N–H and O–H groups in total. The Hall–Kier alpha value is -1.69. The van der Waals surface area contributed by atoms with Gasteiger partial charge in [-0.05, 0) is 18.2 Å². The summed E-state index contributed by atoms with van der Waals surface area (Å²) >= 11 is 3.17. The SMILES string of the molecule is C=C(Br)CNC(=O)c1ccc2n[nH]nc2c1. The van der Waals surface area contributed by atoms with Crippen molar-refractivity contribution >= 4 is 32.9 Å². The van der Waals surface area contributed by atoms with Crippen LogP contribution in [-0.2, 0) is 0 Å². The minimum absolute atomic E-state index is 0.162. The van der Waals surface area contributed by atoms with Gasteiger partial charge in [0, 0.05) is 16.6 Å². The molecule has 0 fully saturated rings. The maximum Gasteiger partial charge on any atom is 0.251 e. The van der Waals surface area contributed by atoms with Crippen molar-refractivity contribution in [3.05, 3.63) is 34.8 Å². The van der Waals surface area contributed by atoms with Crippen molar-refractivity contribution in [1.82, 2.24) is 20.7 Å². The first-order valence-electron chi connectivity index (χ1n) is 4.59. The van der Waals surface area contributed by atoms with Crippen molar-refractivity contribution in [2.75, 3.05) is 6.54 Å². The van der Waals surface area contributed by atoms with Crippen LogP contribution in [0.4, 0.5) is 0 Å². The second-order valence-electron chi connectivity index (χ2n) is 3.23. The summed E-state index contributed by atoms with van der Waals surface area (Å²) in [4.78, 5) is 11.7. The van der Waals surface area contributed by atoms with Crippen LogP contribution >= 0.6 is 15.9 Å². The lowest BCUT2D eigenvalue weighted by molar-refractivity contribution is 0.0958. The van der Waals surface area contributed by atoms with Gasteiger partial charge in [-0.25, -0.2) is 0 Å².